The lowest BCUT2D eigenvalue weighted by Crippen LogP contribution is -2.42. The van der Waals surface area contributed by atoms with Crippen LogP contribution in [-0.2, 0) is 11.2 Å². The van der Waals surface area contributed by atoms with E-state index >= 15 is 0 Å². The molecule has 0 fully saturated rings. The van der Waals surface area contributed by atoms with Gasteiger partial charge in [-0.2, -0.15) is 17.6 Å². The highest BCUT2D eigenvalue weighted by Gasteiger charge is 2.40. The van der Waals surface area contributed by atoms with Gasteiger partial charge in [0.1, 0.15) is 24.1 Å². The summed E-state index contributed by atoms with van der Waals surface area (Å²) in [7, 11) is 0. The summed E-state index contributed by atoms with van der Waals surface area (Å²) in [5.41, 5.74) is 0.487. The molecule has 1 unspecified atom stereocenters. The van der Waals surface area contributed by atoms with Crippen molar-refractivity contribution < 1.29 is 26.7 Å². The minimum absolute atomic E-state index is 0.0225. The van der Waals surface area contributed by atoms with E-state index in [0.29, 0.717) is 10.5 Å². The number of rotatable bonds is 3. The van der Waals surface area contributed by atoms with Crippen molar-refractivity contribution in [2.45, 2.75) is 25.1 Å². The van der Waals surface area contributed by atoms with Crippen molar-refractivity contribution in [3.8, 4) is 11.3 Å². The van der Waals surface area contributed by atoms with Crippen molar-refractivity contribution in [3.05, 3.63) is 60.1 Å². The van der Waals surface area contributed by atoms with Crippen LogP contribution in [0.15, 0.2) is 42.7 Å². The Kier molecular flexibility index (Phi) is 4.96. The Bertz CT molecular complexity index is 1100. The molecule has 3 aromatic rings. The molecule has 0 saturated carbocycles. The number of hydrogen-bond acceptors (Lipinski definition) is 4. The third-order valence-electron chi connectivity index (χ3n) is 4.79. The third-order valence-corrected chi connectivity index (χ3v) is 4.79. The van der Waals surface area contributed by atoms with Gasteiger partial charge in [-0.1, -0.05) is 11.3 Å². The van der Waals surface area contributed by atoms with Gasteiger partial charge in [0.2, 0.25) is 5.95 Å². The molecule has 30 heavy (non-hydrogen) atoms. The normalized spacial score (nSPS) is 17.0. The number of hydrogen-bond donors (Lipinski definition) is 0. The lowest BCUT2D eigenvalue weighted by atomic mass is 10.1. The highest BCUT2D eigenvalue weighted by molar-refractivity contribution is 5.97. The van der Waals surface area contributed by atoms with Crippen LogP contribution in [-0.4, -0.2) is 38.6 Å². The number of nitrogens with zero attached hydrogens (tertiary/aromatic N) is 5. The zero-order valence-electron chi connectivity index (χ0n) is 15.3. The van der Waals surface area contributed by atoms with Crippen molar-refractivity contribution in [3.63, 3.8) is 0 Å². The predicted octanol–water partition coefficient (Wildman–Crippen LogP) is 3.70. The zero-order chi connectivity index (χ0) is 21.5. The molecule has 156 valence electrons. The Morgan fingerprint density at radius 3 is 2.70 bits per heavy atom. The molecule has 6 nitrogen and oxygen atoms in total. The molecule has 0 saturated heterocycles. The third kappa shape index (κ3) is 3.87. The van der Waals surface area contributed by atoms with E-state index in [1.54, 1.807) is 0 Å². The number of carbonyl (C=O) groups is 1. The first-order valence-electron chi connectivity index (χ1n) is 8.92. The van der Waals surface area contributed by atoms with Crippen LogP contribution >= 0.6 is 0 Å². The SMILES string of the molecule is O=C1C(n2cc(-c3ccnc(F)c3)nn2)CCc2c(F)cccc2N1CC(F)(F)F. The second-order valence-electron chi connectivity index (χ2n) is 6.78. The van der Waals surface area contributed by atoms with E-state index in [1.165, 1.54) is 30.6 Å². The molecule has 1 aromatic carbocycles. The van der Waals surface area contributed by atoms with Crippen molar-refractivity contribution >= 4 is 11.6 Å². The van der Waals surface area contributed by atoms with Gasteiger partial charge in [-0.15, -0.1) is 5.10 Å². The average Bonchev–Trinajstić information content (AvgIpc) is 3.11. The molecule has 0 bridgehead atoms. The van der Waals surface area contributed by atoms with Crippen LogP contribution in [0.5, 0.6) is 0 Å². The molecule has 11 heteroatoms. The van der Waals surface area contributed by atoms with Crippen LogP contribution < -0.4 is 4.90 Å². The first-order chi connectivity index (χ1) is 14.2. The molecule has 2 aromatic heterocycles. The summed E-state index contributed by atoms with van der Waals surface area (Å²) in [5, 5.41) is 7.74. The highest BCUT2D eigenvalue weighted by atomic mass is 19.4. The van der Waals surface area contributed by atoms with Crippen molar-refractivity contribution in [1.82, 2.24) is 20.0 Å². The van der Waals surface area contributed by atoms with Gasteiger partial charge in [0.15, 0.2) is 0 Å². The number of fused-ring (bicyclic) bond motifs is 1. The summed E-state index contributed by atoms with van der Waals surface area (Å²) in [6.07, 6.45) is -2.06. The molecular weight excluding hydrogens is 409 g/mol. The molecule has 1 atom stereocenters. The summed E-state index contributed by atoms with van der Waals surface area (Å²) in [6, 6.07) is 5.15. The van der Waals surface area contributed by atoms with Gasteiger partial charge in [0, 0.05) is 23.4 Å². The first-order valence-corrected chi connectivity index (χ1v) is 8.92. The number of carbonyl (C=O) groups excluding carboxylic acids is 1. The van der Waals surface area contributed by atoms with Crippen LogP contribution in [0.3, 0.4) is 0 Å². The van der Waals surface area contributed by atoms with Gasteiger partial charge >= 0.3 is 6.18 Å². The molecule has 0 spiro atoms. The van der Waals surface area contributed by atoms with Crippen LogP contribution in [0.2, 0.25) is 0 Å². The molecule has 1 aliphatic rings. The second-order valence-corrected chi connectivity index (χ2v) is 6.78. The van der Waals surface area contributed by atoms with Gasteiger partial charge in [0.25, 0.3) is 5.91 Å². The number of amides is 1. The molecule has 4 rings (SSSR count). The fourth-order valence-electron chi connectivity index (χ4n) is 3.46. The maximum Gasteiger partial charge on any atom is 0.406 e. The fraction of sp³-hybridized carbons (Fsp3) is 0.263. The summed E-state index contributed by atoms with van der Waals surface area (Å²) >= 11 is 0. The molecule has 1 amide bonds. The van der Waals surface area contributed by atoms with E-state index in [1.807, 2.05) is 0 Å². The Morgan fingerprint density at radius 1 is 1.17 bits per heavy atom. The minimum atomic E-state index is -4.68. The number of benzene rings is 1. The van der Waals surface area contributed by atoms with Crippen LogP contribution in [0.1, 0.15) is 18.0 Å². The summed E-state index contributed by atoms with van der Waals surface area (Å²) < 4.78 is 68.3. The Morgan fingerprint density at radius 2 is 1.97 bits per heavy atom. The van der Waals surface area contributed by atoms with Crippen molar-refractivity contribution in [2.75, 3.05) is 11.4 Å². The monoisotopic (exact) mass is 423 g/mol. The lowest BCUT2D eigenvalue weighted by molar-refractivity contribution is -0.134. The summed E-state index contributed by atoms with van der Waals surface area (Å²) in [4.78, 5) is 17.0. The molecule has 0 aliphatic carbocycles. The standard InChI is InChI=1S/C19H14F5N5O/c20-13-2-1-3-15-12(13)4-5-16(18(30)28(15)10-19(22,23)24)29-9-14(26-27-29)11-6-7-25-17(21)8-11/h1-3,6-9,16H,4-5,10H2. The van der Waals surface area contributed by atoms with Crippen molar-refractivity contribution in [1.29, 1.82) is 0 Å². The largest absolute Gasteiger partial charge is 0.406 e. The number of alkyl halides is 3. The molecule has 3 heterocycles. The Hall–Kier alpha value is -3.37. The molecule has 1 aliphatic heterocycles. The van der Waals surface area contributed by atoms with E-state index < -0.39 is 36.4 Å². The van der Waals surface area contributed by atoms with Crippen molar-refractivity contribution in [2.24, 2.45) is 0 Å². The number of pyridine rings is 1. The van der Waals surface area contributed by atoms with E-state index in [-0.39, 0.29) is 29.8 Å². The molecular formula is C19H14F5N5O. The lowest BCUT2D eigenvalue weighted by Gasteiger charge is -2.26. The van der Waals surface area contributed by atoms with Crippen LogP contribution in [0.4, 0.5) is 27.6 Å². The quantitative estimate of drug-likeness (QED) is 0.476. The molecule has 0 N–H and O–H groups in total. The number of aromatic nitrogens is 4. The summed E-state index contributed by atoms with van der Waals surface area (Å²) in [5.74, 6) is -2.30. The van der Waals surface area contributed by atoms with E-state index in [0.717, 1.165) is 16.8 Å². The Balaban J connectivity index is 1.72. The topological polar surface area (TPSA) is 63.9 Å². The smallest absolute Gasteiger partial charge is 0.301 e. The zero-order valence-corrected chi connectivity index (χ0v) is 15.3. The van der Waals surface area contributed by atoms with Gasteiger partial charge in [-0.05, 0) is 31.0 Å². The average molecular weight is 423 g/mol. The Labute approximate surface area is 166 Å². The van der Waals surface area contributed by atoms with Gasteiger partial charge in [-0.3, -0.25) is 4.79 Å². The fourth-order valence-corrected chi connectivity index (χ4v) is 3.46. The van der Waals surface area contributed by atoms with Crippen LogP contribution in [0, 0.1) is 11.8 Å². The van der Waals surface area contributed by atoms with E-state index in [2.05, 4.69) is 15.3 Å². The highest BCUT2D eigenvalue weighted by Crippen LogP contribution is 2.35. The summed E-state index contributed by atoms with van der Waals surface area (Å²) in [6.45, 7) is -1.56. The van der Waals surface area contributed by atoms with Gasteiger partial charge in [0.05, 0.1) is 11.9 Å². The van der Waals surface area contributed by atoms with Gasteiger partial charge in [-0.25, -0.2) is 14.1 Å². The van der Waals surface area contributed by atoms with Crippen LogP contribution in [0.25, 0.3) is 11.3 Å². The maximum absolute atomic E-state index is 14.3. The number of anilines is 1. The predicted molar refractivity (Wildman–Crippen MR) is 95.4 cm³/mol. The molecule has 0 radical (unpaired) electrons. The maximum atomic E-state index is 14.3. The minimum Gasteiger partial charge on any atom is -0.301 e. The van der Waals surface area contributed by atoms with E-state index in [9.17, 15) is 26.7 Å². The van der Waals surface area contributed by atoms with E-state index in [4.69, 9.17) is 0 Å². The first kappa shape index (κ1) is 19.9. The second kappa shape index (κ2) is 7.47. The van der Waals surface area contributed by atoms with Gasteiger partial charge < -0.3 is 4.90 Å². The number of halogens is 5.